The quantitative estimate of drug-likeness (QED) is 0.336. The van der Waals surface area contributed by atoms with Crippen molar-refractivity contribution in [2.45, 2.75) is 10.1 Å². The number of nitrogens with one attached hydrogen (secondary N) is 2. The van der Waals surface area contributed by atoms with Gasteiger partial charge in [0.25, 0.3) is 15.2 Å². The predicted octanol–water partition coefficient (Wildman–Crippen LogP) is 4.65. The lowest BCUT2D eigenvalue weighted by molar-refractivity contribution is -0.113. The number of hydrogen-bond donors (Lipinski definition) is 2. The molecule has 12 heteroatoms. The average molecular weight is 506 g/mol. The molecule has 0 aliphatic carbocycles. The minimum absolute atomic E-state index is 0.0462. The zero-order valence-corrected chi connectivity index (χ0v) is 19.2. The molecule has 1 heterocycles. The van der Waals surface area contributed by atoms with Gasteiger partial charge in [0, 0.05) is 6.07 Å². The van der Waals surface area contributed by atoms with Crippen molar-refractivity contribution in [2.24, 2.45) is 0 Å². The molecule has 0 bridgehead atoms. The molecule has 8 nitrogen and oxygen atoms in total. The van der Waals surface area contributed by atoms with Gasteiger partial charge in [-0.25, -0.2) is 22.2 Å². The molecule has 0 aliphatic heterocycles. The third-order valence-electron chi connectivity index (χ3n) is 4.53. The minimum Gasteiger partial charge on any atom is -0.495 e. The van der Waals surface area contributed by atoms with E-state index in [2.05, 4.69) is 15.0 Å². The van der Waals surface area contributed by atoms with Gasteiger partial charge in [-0.15, -0.1) is 0 Å². The molecule has 0 radical (unpaired) electrons. The Labute approximate surface area is 197 Å². The van der Waals surface area contributed by atoms with E-state index in [9.17, 15) is 22.0 Å². The van der Waals surface area contributed by atoms with E-state index in [0.29, 0.717) is 11.3 Å². The number of halogens is 2. The first-order valence-corrected chi connectivity index (χ1v) is 12.2. The molecule has 0 atom stereocenters. The van der Waals surface area contributed by atoms with Crippen molar-refractivity contribution < 1.29 is 31.1 Å². The van der Waals surface area contributed by atoms with Crippen LogP contribution in [0.4, 0.5) is 20.2 Å². The molecule has 0 saturated carbocycles. The monoisotopic (exact) mass is 505 g/mol. The van der Waals surface area contributed by atoms with E-state index in [-0.39, 0.29) is 32.8 Å². The number of carbonyl (C=O) groups excluding carboxylic acids is 1. The van der Waals surface area contributed by atoms with Crippen LogP contribution >= 0.6 is 11.8 Å². The maximum absolute atomic E-state index is 13.7. The fourth-order valence-corrected chi connectivity index (χ4v) is 4.68. The Hall–Kier alpha value is -3.64. The van der Waals surface area contributed by atoms with Gasteiger partial charge in [0.2, 0.25) is 5.91 Å². The fourth-order valence-electron chi connectivity index (χ4n) is 2.95. The van der Waals surface area contributed by atoms with Crippen molar-refractivity contribution in [3.8, 4) is 5.75 Å². The van der Waals surface area contributed by atoms with E-state index in [1.807, 2.05) is 0 Å². The lowest BCUT2D eigenvalue weighted by atomic mass is 10.3. The van der Waals surface area contributed by atoms with Crippen LogP contribution in [-0.4, -0.2) is 32.2 Å². The Morgan fingerprint density at radius 1 is 1.09 bits per heavy atom. The first-order valence-electron chi connectivity index (χ1n) is 9.69. The maximum Gasteiger partial charge on any atom is 0.262 e. The molecule has 1 amide bonds. The van der Waals surface area contributed by atoms with Gasteiger partial charge in [0.15, 0.2) is 5.58 Å². The fraction of sp³-hybridized carbons (Fsp3) is 0.0909. The van der Waals surface area contributed by atoms with E-state index in [4.69, 9.17) is 9.15 Å². The second-order valence-electron chi connectivity index (χ2n) is 6.88. The summed E-state index contributed by atoms with van der Waals surface area (Å²) in [4.78, 5) is 16.2. The number of nitrogens with zero attached hydrogens (tertiary/aromatic N) is 1. The lowest BCUT2D eigenvalue weighted by Crippen LogP contribution is -2.15. The van der Waals surface area contributed by atoms with Gasteiger partial charge < -0.3 is 14.5 Å². The summed E-state index contributed by atoms with van der Waals surface area (Å²) < 4.78 is 65.7. The smallest absolute Gasteiger partial charge is 0.262 e. The van der Waals surface area contributed by atoms with Crippen LogP contribution in [0.3, 0.4) is 0 Å². The highest BCUT2D eigenvalue weighted by Crippen LogP contribution is 2.29. The molecular formula is C22H17F2N3O5S2. The Balaban J connectivity index is 1.46. The molecule has 0 saturated heterocycles. The van der Waals surface area contributed by atoms with Crippen LogP contribution in [0.15, 0.2) is 75.2 Å². The largest absolute Gasteiger partial charge is 0.495 e. The highest BCUT2D eigenvalue weighted by Gasteiger charge is 2.19. The van der Waals surface area contributed by atoms with Crippen LogP contribution in [0, 0.1) is 11.6 Å². The predicted molar refractivity (Wildman–Crippen MR) is 124 cm³/mol. The summed E-state index contributed by atoms with van der Waals surface area (Å²) in [7, 11) is -2.51. The van der Waals surface area contributed by atoms with Gasteiger partial charge in [-0.1, -0.05) is 23.9 Å². The Morgan fingerprint density at radius 2 is 1.88 bits per heavy atom. The zero-order chi connectivity index (χ0) is 24.3. The molecule has 4 aromatic rings. The van der Waals surface area contributed by atoms with Crippen LogP contribution in [0.5, 0.6) is 5.75 Å². The number of anilines is 2. The van der Waals surface area contributed by atoms with E-state index in [1.165, 1.54) is 25.3 Å². The van der Waals surface area contributed by atoms with Crippen LogP contribution in [0.1, 0.15) is 0 Å². The summed E-state index contributed by atoms with van der Waals surface area (Å²) in [6.45, 7) is 0. The first-order chi connectivity index (χ1) is 16.2. The van der Waals surface area contributed by atoms with Crippen LogP contribution in [0.25, 0.3) is 11.1 Å². The number of rotatable bonds is 8. The number of para-hydroxylation sites is 2. The van der Waals surface area contributed by atoms with Crippen molar-refractivity contribution in [3.63, 3.8) is 0 Å². The third kappa shape index (κ3) is 5.29. The van der Waals surface area contributed by atoms with Crippen molar-refractivity contribution in [2.75, 3.05) is 22.9 Å². The van der Waals surface area contributed by atoms with E-state index in [0.717, 1.165) is 30.0 Å². The number of thioether (sulfide) groups is 1. The summed E-state index contributed by atoms with van der Waals surface area (Å²) in [5, 5.41) is 2.38. The van der Waals surface area contributed by atoms with E-state index < -0.39 is 27.6 Å². The number of methoxy groups -OCH3 is 1. The lowest BCUT2D eigenvalue weighted by Gasteiger charge is -2.11. The average Bonchev–Trinajstić information content (AvgIpc) is 3.22. The van der Waals surface area contributed by atoms with Crippen molar-refractivity contribution in [1.29, 1.82) is 0 Å². The Morgan fingerprint density at radius 3 is 2.68 bits per heavy atom. The third-order valence-corrected chi connectivity index (χ3v) is 6.72. The first kappa shape index (κ1) is 23.5. The molecule has 34 heavy (non-hydrogen) atoms. The normalized spacial score (nSPS) is 11.4. The van der Waals surface area contributed by atoms with Crippen molar-refractivity contribution in [1.82, 2.24) is 4.98 Å². The zero-order valence-electron chi connectivity index (χ0n) is 17.5. The molecule has 0 unspecified atom stereocenters. The summed E-state index contributed by atoms with van der Waals surface area (Å²) in [6.07, 6.45) is 0. The standard InChI is InChI=1S/C22H17F2N3O5S2/c1-31-19-5-3-2-4-16(19)27-34(29,30)14-7-9-20-18(11-14)26-22(32-20)33-12-21(28)25-17-10-13(23)6-8-15(17)24/h2-11,27H,12H2,1H3,(H,25,28). The number of aromatic nitrogens is 1. The molecule has 4 rings (SSSR count). The maximum atomic E-state index is 13.7. The van der Waals surface area contributed by atoms with Crippen molar-refractivity contribution in [3.05, 3.63) is 72.3 Å². The van der Waals surface area contributed by atoms with Gasteiger partial charge in [0.05, 0.1) is 29.1 Å². The number of carbonyl (C=O) groups is 1. The van der Waals surface area contributed by atoms with Crippen LogP contribution in [0.2, 0.25) is 0 Å². The van der Waals surface area contributed by atoms with Gasteiger partial charge in [-0.05, 0) is 42.5 Å². The molecule has 176 valence electrons. The van der Waals surface area contributed by atoms with E-state index in [1.54, 1.807) is 24.3 Å². The van der Waals surface area contributed by atoms with Crippen LogP contribution in [-0.2, 0) is 14.8 Å². The number of fused-ring (bicyclic) bond motifs is 1. The van der Waals surface area contributed by atoms with Gasteiger partial charge in [-0.3, -0.25) is 9.52 Å². The molecule has 2 N–H and O–H groups in total. The molecule has 1 aromatic heterocycles. The van der Waals surface area contributed by atoms with Crippen LogP contribution < -0.4 is 14.8 Å². The molecule has 0 fully saturated rings. The molecule has 3 aromatic carbocycles. The number of benzene rings is 3. The Kier molecular flexibility index (Phi) is 6.70. The number of sulfonamides is 1. The summed E-state index contributed by atoms with van der Waals surface area (Å²) in [5.41, 5.74) is 0.583. The summed E-state index contributed by atoms with van der Waals surface area (Å²) in [6, 6.07) is 13.5. The van der Waals surface area contributed by atoms with E-state index >= 15 is 0 Å². The number of ether oxygens (including phenoxy) is 1. The number of hydrogen-bond acceptors (Lipinski definition) is 7. The minimum atomic E-state index is -3.94. The highest BCUT2D eigenvalue weighted by atomic mass is 32.2. The highest BCUT2D eigenvalue weighted by molar-refractivity contribution is 7.99. The second-order valence-corrected chi connectivity index (χ2v) is 9.49. The number of oxazole rings is 1. The van der Waals surface area contributed by atoms with Crippen molar-refractivity contribution >= 4 is 50.2 Å². The molecular weight excluding hydrogens is 488 g/mol. The van der Waals surface area contributed by atoms with Gasteiger partial charge in [0.1, 0.15) is 22.9 Å². The molecule has 0 spiro atoms. The molecule has 0 aliphatic rings. The van der Waals surface area contributed by atoms with Gasteiger partial charge >= 0.3 is 0 Å². The SMILES string of the molecule is COc1ccccc1NS(=O)(=O)c1ccc2oc(SCC(=O)Nc3cc(F)ccc3F)nc2c1. The summed E-state index contributed by atoms with van der Waals surface area (Å²) >= 11 is 0.917. The van der Waals surface area contributed by atoms with Gasteiger partial charge in [-0.2, -0.15) is 0 Å². The Bertz CT molecular complexity index is 1470. The summed E-state index contributed by atoms with van der Waals surface area (Å²) in [5.74, 6) is -1.88. The topological polar surface area (TPSA) is 111 Å². The number of amides is 1. The second kappa shape index (κ2) is 9.69.